The van der Waals surface area contributed by atoms with Gasteiger partial charge in [0.1, 0.15) is 18.2 Å². The number of allylic oxidation sites excluding steroid dienone is 2. The normalized spacial score (nSPS) is 13.8. The largest absolute Gasteiger partial charge is 1.00 e. The van der Waals surface area contributed by atoms with Gasteiger partial charge < -0.3 is 14.6 Å². The van der Waals surface area contributed by atoms with Crippen molar-refractivity contribution in [2.45, 2.75) is 38.2 Å². The van der Waals surface area contributed by atoms with Gasteiger partial charge in [0.25, 0.3) is 0 Å². The van der Waals surface area contributed by atoms with Crippen molar-refractivity contribution in [3.63, 3.8) is 0 Å². The molecule has 39 heavy (non-hydrogen) atoms. The van der Waals surface area contributed by atoms with Gasteiger partial charge in [0.05, 0.1) is 33.5 Å². The average molecular weight is 582 g/mol. The van der Waals surface area contributed by atoms with Crippen molar-refractivity contribution in [2.75, 3.05) is 0 Å². The van der Waals surface area contributed by atoms with Crippen LogP contribution in [0.5, 0.6) is 5.75 Å². The van der Waals surface area contributed by atoms with Gasteiger partial charge in [0.2, 0.25) is 0 Å². The van der Waals surface area contributed by atoms with Crippen LogP contribution in [0.15, 0.2) is 48.5 Å². The third-order valence-corrected chi connectivity index (χ3v) is 6.27. The minimum absolute atomic E-state index is 0. The SMILES string of the molecule is O=C([O-])c1cc(C(F)(F)F)cc(C2=C(c3cc(C(F)(F)F)ccc3OCc3ccc(F)cc3Cl)CCC2)n1.[Na+]. The molecular weight excluding hydrogens is 566 g/mol. The molecule has 0 saturated heterocycles. The van der Waals surface area contributed by atoms with Gasteiger partial charge in [0, 0.05) is 11.1 Å². The second-order valence-electron chi connectivity index (χ2n) is 8.46. The van der Waals surface area contributed by atoms with Gasteiger partial charge in [-0.15, -0.1) is 0 Å². The van der Waals surface area contributed by atoms with E-state index in [0.717, 1.165) is 30.3 Å². The zero-order valence-corrected chi connectivity index (χ0v) is 22.9. The van der Waals surface area contributed by atoms with Crippen LogP contribution in [0, 0.1) is 5.82 Å². The number of hydrogen-bond donors (Lipinski definition) is 0. The molecule has 0 fully saturated rings. The number of rotatable bonds is 6. The predicted molar refractivity (Wildman–Crippen MR) is 121 cm³/mol. The first kappa shape index (κ1) is 30.9. The minimum Gasteiger partial charge on any atom is -0.543 e. The van der Waals surface area contributed by atoms with E-state index in [9.17, 15) is 40.6 Å². The van der Waals surface area contributed by atoms with E-state index in [-0.39, 0.29) is 82.2 Å². The summed E-state index contributed by atoms with van der Waals surface area (Å²) in [6, 6.07) is 7.18. The number of halogens is 8. The molecule has 0 N–H and O–H groups in total. The Morgan fingerprint density at radius 1 is 0.923 bits per heavy atom. The Hall–Kier alpha value is -2.60. The minimum atomic E-state index is -4.90. The molecule has 0 spiro atoms. The number of alkyl halides is 6. The molecule has 1 aliphatic carbocycles. The van der Waals surface area contributed by atoms with E-state index in [1.807, 2.05) is 0 Å². The van der Waals surface area contributed by atoms with E-state index in [1.165, 1.54) is 6.07 Å². The number of hydrogen-bond acceptors (Lipinski definition) is 4. The number of aromatic nitrogens is 1. The molecule has 13 heteroatoms. The van der Waals surface area contributed by atoms with Gasteiger partial charge in [-0.25, -0.2) is 9.37 Å². The Morgan fingerprint density at radius 3 is 2.21 bits per heavy atom. The topological polar surface area (TPSA) is 62.2 Å². The van der Waals surface area contributed by atoms with Crippen LogP contribution >= 0.6 is 11.6 Å². The molecule has 0 unspecified atom stereocenters. The van der Waals surface area contributed by atoms with Gasteiger partial charge in [-0.1, -0.05) is 17.7 Å². The van der Waals surface area contributed by atoms with Crippen molar-refractivity contribution < 1.29 is 74.9 Å². The molecular formula is C26H16ClF7NNaO3. The average Bonchev–Trinajstić information content (AvgIpc) is 3.32. The molecule has 0 atom stereocenters. The fraction of sp³-hybridized carbons (Fsp3) is 0.231. The fourth-order valence-corrected chi connectivity index (χ4v) is 4.36. The summed E-state index contributed by atoms with van der Waals surface area (Å²) < 4.78 is 100. The zero-order valence-electron chi connectivity index (χ0n) is 20.1. The first-order valence-corrected chi connectivity index (χ1v) is 11.4. The van der Waals surface area contributed by atoms with Gasteiger partial charge >= 0.3 is 41.9 Å². The van der Waals surface area contributed by atoms with Gasteiger partial charge in [-0.2, -0.15) is 26.3 Å². The number of aromatic carboxylic acids is 1. The Morgan fingerprint density at radius 2 is 1.59 bits per heavy atom. The maximum atomic E-state index is 13.6. The van der Waals surface area contributed by atoms with Gasteiger partial charge in [0.15, 0.2) is 0 Å². The van der Waals surface area contributed by atoms with Crippen molar-refractivity contribution in [3.8, 4) is 5.75 Å². The molecule has 2 aromatic carbocycles. The van der Waals surface area contributed by atoms with Crippen LogP contribution in [0.3, 0.4) is 0 Å². The van der Waals surface area contributed by atoms with Crippen LogP contribution in [-0.4, -0.2) is 11.0 Å². The summed E-state index contributed by atoms with van der Waals surface area (Å²) in [5, 5.41) is 11.4. The summed E-state index contributed by atoms with van der Waals surface area (Å²) >= 11 is 6.01. The molecule has 3 aromatic rings. The van der Waals surface area contributed by atoms with Crippen molar-refractivity contribution in [3.05, 3.63) is 93.0 Å². The first-order valence-electron chi connectivity index (χ1n) is 11.1. The summed E-state index contributed by atoms with van der Waals surface area (Å²) in [5.74, 6) is -2.56. The quantitative estimate of drug-likeness (QED) is 0.327. The maximum Gasteiger partial charge on any atom is 1.00 e. The monoisotopic (exact) mass is 581 g/mol. The van der Waals surface area contributed by atoms with Gasteiger partial charge in [-0.05, 0) is 72.9 Å². The van der Waals surface area contributed by atoms with Crippen LogP contribution in [0.2, 0.25) is 5.02 Å². The summed E-state index contributed by atoms with van der Waals surface area (Å²) in [6.45, 7) is -0.239. The Kier molecular flexibility index (Phi) is 9.42. The van der Waals surface area contributed by atoms with E-state index in [0.29, 0.717) is 24.1 Å². The molecule has 0 radical (unpaired) electrons. The fourth-order valence-electron chi connectivity index (χ4n) is 4.14. The molecule has 0 saturated carbocycles. The van der Waals surface area contributed by atoms with Crippen molar-refractivity contribution >= 4 is 28.7 Å². The molecule has 200 valence electrons. The van der Waals surface area contributed by atoms with Crippen LogP contribution in [-0.2, 0) is 19.0 Å². The first-order chi connectivity index (χ1) is 17.7. The number of nitrogens with zero attached hydrogens (tertiary/aromatic N) is 1. The van der Waals surface area contributed by atoms with E-state index in [2.05, 4.69) is 4.98 Å². The van der Waals surface area contributed by atoms with Crippen LogP contribution in [0.1, 0.15) is 57.7 Å². The number of carbonyl (C=O) groups is 1. The third-order valence-electron chi connectivity index (χ3n) is 5.92. The van der Waals surface area contributed by atoms with Crippen molar-refractivity contribution in [1.29, 1.82) is 0 Å². The van der Waals surface area contributed by atoms with E-state index < -0.39 is 41.0 Å². The third kappa shape index (κ3) is 7.13. The standard InChI is InChI=1S/C26H17ClF7NO3.Na/c27-20-11-16(28)6-4-13(20)12-38-23-7-5-14(25(29,30)31)8-19(23)17-2-1-3-18(17)21-9-15(26(32,33)34)10-22(35-21)24(36)37;/h4-11H,1-3,12H2,(H,36,37);/q;+1/p-1. The summed E-state index contributed by atoms with van der Waals surface area (Å²) in [7, 11) is 0. The molecule has 0 amide bonds. The van der Waals surface area contributed by atoms with Gasteiger partial charge in [-0.3, -0.25) is 0 Å². The number of carboxylic acids is 1. The van der Waals surface area contributed by atoms with Crippen molar-refractivity contribution in [1.82, 2.24) is 4.98 Å². The number of carboxylic acid groups (broad SMARTS) is 1. The number of ether oxygens (including phenoxy) is 1. The number of benzene rings is 2. The predicted octanol–water partition coefficient (Wildman–Crippen LogP) is 3.95. The molecule has 0 bridgehead atoms. The summed E-state index contributed by atoms with van der Waals surface area (Å²) in [6.07, 6.45) is -8.97. The molecule has 4 nitrogen and oxygen atoms in total. The Bertz CT molecular complexity index is 1440. The molecule has 4 rings (SSSR count). The summed E-state index contributed by atoms with van der Waals surface area (Å²) in [4.78, 5) is 15.1. The van der Waals surface area contributed by atoms with Crippen molar-refractivity contribution in [2.24, 2.45) is 0 Å². The molecule has 1 aromatic heterocycles. The molecule has 1 heterocycles. The maximum absolute atomic E-state index is 13.6. The van der Waals surface area contributed by atoms with E-state index in [4.69, 9.17) is 16.3 Å². The smallest absolute Gasteiger partial charge is 0.543 e. The van der Waals surface area contributed by atoms with Crippen LogP contribution in [0.4, 0.5) is 30.7 Å². The van der Waals surface area contributed by atoms with Crippen LogP contribution in [0.25, 0.3) is 11.1 Å². The van der Waals surface area contributed by atoms with E-state index >= 15 is 0 Å². The number of carbonyl (C=O) groups excluding carboxylic acids is 1. The zero-order chi connectivity index (χ0) is 27.8. The Balaban J connectivity index is 0.00000420. The molecule has 1 aliphatic rings. The summed E-state index contributed by atoms with van der Waals surface area (Å²) in [5.41, 5.74) is -2.92. The van der Waals surface area contributed by atoms with Crippen LogP contribution < -0.4 is 39.4 Å². The number of pyridine rings is 1. The molecule has 0 aliphatic heterocycles. The second kappa shape index (κ2) is 11.9. The Labute approximate surface area is 244 Å². The van der Waals surface area contributed by atoms with E-state index in [1.54, 1.807) is 0 Å². The second-order valence-corrected chi connectivity index (χ2v) is 8.86.